The average molecular weight is 320 g/mol. The molecule has 0 unspecified atom stereocenters. The van der Waals surface area contributed by atoms with E-state index in [1.807, 2.05) is 12.1 Å². The van der Waals surface area contributed by atoms with Gasteiger partial charge in [-0.1, -0.05) is 24.3 Å². The Balaban J connectivity index is 1.88. The lowest BCUT2D eigenvalue weighted by Gasteiger charge is -2.19. The van der Waals surface area contributed by atoms with Crippen molar-refractivity contribution in [3.8, 4) is 6.07 Å². The van der Waals surface area contributed by atoms with Gasteiger partial charge in [0.1, 0.15) is 11.9 Å². The molecule has 0 radical (unpaired) electrons. The Hall–Kier alpha value is -3.13. The van der Waals surface area contributed by atoms with Crippen LogP contribution in [0.5, 0.6) is 0 Å². The number of benzene rings is 2. The highest BCUT2D eigenvalue weighted by atomic mass is 16.7. The quantitative estimate of drug-likeness (QED) is 0.866. The first-order chi connectivity index (χ1) is 11.6. The van der Waals surface area contributed by atoms with Crippen LogP contribution in [-0.2, 0) is 22.5 Å². The predicted molar refractivity (Wildman–Crippen MR) is 88.4 cm³/mol. The summed E-state index contributed by atoms with van der Waals surface area (Å²) < 4.78 is 0. The summed E-state index contributed by atoms with van der Waals surface area (Å²) in [5, 5.41) is 10.9. The van der Waals surface area contributed by atoms with Crippen molar-refractivity contribution in [2.75, 3.05) is 11.6 Å². The van der Waals surface area contributed by atoms with Crippen molar-refractivity contribution < 1.29 is 14.4 Å². The lowest BCUT2D eigenvalue weighted by molar-refractivity contribution is -0.116. The minimum Gasteiger partial charge on any atom is -0.335 e. The fourth-order valence-electron chi connectivity index (χ4n) is 2.87. The monoisotopic (exact) mass is 320 g/mol. The van der Waals surface area contributed by atoms with Crippen molar-refractivity contribution in [1.82, 2.24) is 0 Å². The van der Waals surface area contributed by atoms with Crippen LogP contribution in [0.15, 0.2) is 42.5 Å². The van der Waals surface area contributed by atoms with E-state index in [0.717, 1.165) is 11.1 Å². The van der Waals surface area contributed by atoms with Crippen LogP contribution in [0.25, 0.3) is 0 Å². The Bertz CT molecular complexity index is 838. The third-order valence-corrected chi connectivity index (χ3v) is 3.86. The maximum absolute atomic E-state index is 12.2. The Labute approximate surface area is 140 Å². The molecule has 0 fully saturated rings. The van der Waals surface area contributed by atoms with Crippen LogP contribution < -0.4 is 5.06 Å². The summed E-state index contributed by atoms with van der Waals surface area (Å²) in [5.74, 6) is -0.413. The summed E-state index contributed by atoms with van der Waals surface area (Å²) in [6.45, 7) is 2.01. The number of hydroxylamine groups is 1. The minimum absolute atomic E-state index is 0.0456. The number of carbonyl (C=O) groups is 2. The lowest BCUT2D eigenvalue weighted by Crippen LogP contribution is -2.25. The van der Waals surface area contributed by atoms with Crippen LogP contribution >= 0.6 is 0 Å². The third-order valence-electron chi connectivity index (χ3n) is 3.86. The molecule has 0 aliphatic carbocycles. The van der Waals surface area contributed by atoms with Gasteiger partial charge in [0.05, 0.1) is 23.4 Å². The minimum atomic E-state index is -0.458. The summed E-state index contributed by atoms with van der Waals surface area (Å²) >= 11 is 0. The van der Waals surface area contributed by atoms with Gasteiger partial charge in [-0.3, -0.25) is 4.79 Å². The predicted octanol–water partition coefficient (Wildman–Crippen LogP) is 2.82. The molecule has 120 valence electrons. The molecule has 3 rings (SSSR count). The first-order valence-electron chi connectivity index (χ1n) is 7.68. The van der Waals surface area contributed by atoms with Gasteiger partial charge in [-0.05, 0) is 42.7 Å². The number of Topliss-reactive ketones (excluding diaryl/α,β-unsaturated/α-hetero) is 1. The molecule has 2 aromatic rings. The van der Waals surface area contributed by atoms with Crippen LogP contribution in [0.4, 0.5) is 5.69 Å². The summed E-state index contributed by atoms with van der Waals surface area (Å²) in [7, 11) is 0. The van der Waals surface area contributed by atoms with Crippen LogP contribution in [0.3, 0.4) is 0 Å². The fourth-order valence-corrected chi connectivity index (χ4v) is 2.87. The molecular weight excluding hydrogens is 304 g/mol. The maximum atomic E-state index is 12.2. The Morgan fingerprint density at radius 1 is 1.25 bits per heavy atom. The van der Waals surface area contributed by atoms with Gasteiger partial charge in [0.25, 0.3) is 0 Å². The fraction of sp³-hybridized carbons (Fsp3) is 0.211. The molecule has 24 heavy (non-hydrogen) atoms. The van der Waals surface area contributed by atoms with E-state index < -0.39 is 5.97 Å². The zero-order chi connectivity index (χ0) is 17.1. The van der Waals surface area contributed by atoms with Crippen molar-refractivity contribution in [2.24, 2.45) is 0 Å². The number of fused-ring (bicyclic) bond motifs is 1. The lowest BCUT2D eigenvalue weighted by atomic mass is 10.0. The molecule has 5 nitrogen and oxygen atoms in total. The number of nitrogens with zero attached hydrogens (tertiary/aromatic N) is 2. The van der Waals surface area contributed by atoms with Crippen LogP contribution in [0.2, 0.25) is 0 Å². The van der Waals surface area contributed by atoms with Crippen molar-refractivity contribution in [3.63, 3.8) is 0 Å². The number of hydrogen-bond donors (Lipinski definition) is 0. The topological polar surface area (TPSA) is 70.4 Å². The smallest absolute Gasteiger partial charge is 0.335 e. The maximum Gasteiger partial charge on any atom is 0.363 e. The largest absolute Gasteiger partial charge is 0.363 e. The SMILES string of the molecule is CC(=O)Cc1cc(C#N)c2c(c1)CCN2OC(=O)c1ccccc1. The van der Waals surface area contributed by atoms with Gasteiger partial charge in [0.2, 0.25) is 0 Å². The number of rotatable bonds is 4. The first-order valence-corrected chi connectivity index (χ1v) is 7.68. The van der Waals surface area contributed by atoms with Gasteiger partial charge in [0, 0.05) is 6.42 Å². The molecule has 0 N–H and O–H groups in total. The number of anilines is 1. The highest BCUT2D eigenvalue weighted by Crippen LogP contribution is 2.33. The van der Waals surface area contributed by atoms with E-state index in [1.54, 1.807) is 30.3 Å². The highest BCUT2D eigenvalue weighted by molar-refractivity contribution is 5.90. The second-order valence-electron chi connectivity index (χ2n) is 5.74. The summed E-state index contributed by atoms with van der Waals surface area (Å²) in [5.41, 5.74) is 3.23. The van der Waals surface area contributed by atoms with E-state index in [4.69, 9.17) is 4.84 Å². The number of nitriles is 1. The van der Waals surface area contributed by atoms with Gasteiger partial charge >= 0.3 is 5.97 Å². The zero-order valence-electron chi connectivity index (χ0n) is 13.3. The summed E-state index contributed by atoms with van der Waals surface area (Å²) in [4.78, 5) is 29.0. The molecule has 2 aromatic carbocycles. The zero-order valence-corrected chi connectivity index (χ0v) is 13.3. The molecule has 5 heteroatoms. The average Bonchev–Trinajstić information content (AvgIpc) is 2.97. The summed E-state index contributed by atoms with van der Waals surface area (Å²) in [6.07, 6.45) is 0.962. The molecule has 1 heterocycles. The van der Waals surface area contributed by atoms with Gasteiger partial charge in [0.15, 0.2) is 0 Å². The normalized spacial score (nSPS) is 12.4. The van der Waals surface area contributed by atoms with E-state index in [0.29, 0.717) is 36.2 Å². The number of carbonyl (C=O) groups excluding carboxylic acids is 2. The second kappa shape index (κ2) is 6.55. The van der Waals surface area contributed by atoms with Gasteiger partial charge in [-0.15, -0.1) is 0 Å². The van der Waals surface area contributed by atoms with E-state index in [9.17, 15) is 14.9 Å². The van der Waals surface area contributed by atoms with Gasteiger partial charge < -0.3 is 4.84 Å². The Kier molecular flexibility index (Phi) is 4.30. The standard InChI is InChI=1S/C19H16N2O3/c1-13(22)9-14-10-16-7-8-21(18(16)17(11-14)12-20)24-19(23)15-5-3-2-4-6-15/h2-6,10-11H,7-9H2,1H3. The van der Waals surface area contributed by atoms with Gasteiger partial charge in [-0.2, -0.15) is 5.26 Å². The molecule has 0 spiro atoms. The molecule has 0 saturated carbocycles. The number of ketones is 1. The third kappa shape index (κ3) is 3.13. The van der Waals surface area contributed by atoms with Crippen molar-refractivity contribution >= 4 is 17.4 Å². The molecule has 1 aliphatic rings. The molecule has 1 aliphatic heterocycles. The Morgan fingerprint density at radius 3 is 2.67 bits per heavy atom. The highest BCUT2D eigenvalue weighted by Gasteiger charge is 2.27. The van der Waals surface area contributed by atoms with E-state index in [1.165, 1.54) is 12.0 Å². The van der Waals surface area contributed by atoms with Crippen molar-refractivity contribution in [2.45, 2.75) is 19.8 Å². The molecule has 0 aromatic heterocycles. The van der Waals surface area contributed by atoms with E-state index in [2.05, 4.69) is 6.07 Å². The molecule has 0 saturated heterocycles. The molecule has 0 atom stereocenters. The van der Waals surface area contributed by atoms with E-state index in [-0.39, 0.29) is 5.78 Å². The molecule has 0 bridgehead atoms. The van der Waals surface area contributed by atoms with E-state index >= 15 is 0 Å². The number of hydrogen-bond acceptors (Lipinski definition) is 5. The molecule has 0 amide bonds. The van der Waals surface area contributed by atoms with Gasteiger partial charge in [-0.25, -0.2) is 9.86 Å². The first kappa shape index (κ1) is 15.8. The van der Waals surface area contributed by atoms with Crippen LogP contribution in [0.1, 0.15) is 34.0 Å². The second-order valence-corrected chi connectivity index (χ2v) is 5.74. The summed E-state index contributed by atoms with van der Waals surface area (Å²) in [6, 6.07) is 14.5. The Morgan fingerprint density at radius 2 is 2.00 bits per heavy atom. The van der Waals surface area contributed by atoms with Crippen molar-refractivity contribution in [1.29, 1.82) is 5.26 Å². The van der Waals surface area contributed by atoms with Crippen molar-refractivity contribution in [3.05, 3.63) is 64.7 Å². The molecular formula is C19H16N2O3. The van der Waals surface area contributed by atoms with Crippen LogP contribution in [0, 0.1) is 11.3 Å². The van der Waals surface area contributed by atoms with Crippen LogP contribution in [-0.4, -0.2) is 18.3 Å².